The molecule has 0 amide bonds. The number of thioether (sulfide) groups is 1. The molecule has 0 spiro atoms. The Morgan fingerprint density at radius 1 is 1.55 bits per heavy atom. The molecular formula is C13H24N4O2S. The van der Waals surface area contributed by atoms with Gasteiger partial charge in [0.15, 0.2) is 5.16 Å². The van der Waals surface area contributed by atoms with Gasteiger partial charge in [-0.1, -0.05) is 18.2 Å². The molecule has 0 aliphatic carbocycles. The molecule has 0 saturated carbocycles. The second kappa shape index (κ2) is 8.26. The first kappa shape index (κ1) is 17.0. The zero-order valence-corrected chi connectivity index (χ0v) is 13.4. The van der Waals surface area contributed by atoms with Gasteiger partial charge in [0, 0.05) is 11.8 Å². The summed E-state index contributed by atoms with van der Waals surface area (Å²) in [4.78, 5) is 16.0. The van der Waals surface area contributed by atoms with E-state index in [1.165, 1.54) is 13.4 Å². The first-order valence-electron chi connectivity index (χ1n) is 6.82. The highest BCUT2D eigenvalue weighted by atomic mass is 32.2. The molecule has 1 heterocycles. The number of esters is 1. The van der Waals surface area contributed by atoms with Crippen LogP contribution in [-0.2, 0) is 9.53 Å². The van der Waals surface area contributed by atoms with Gasteiger partial charge >= 0.3 is 5.97 Å². The molecule has 0 bridgehead atoms. The van der Waals surface area contributed by atoms with E-state index in [9.17, 15) is 4.79 Å². The summed E-state index contributed by atoms with van der Waals surface area (Å²) in [6.45, 7) is 5.96. The predicted octanol–water partition coefficient (Wildman–Crippen LogP) is 2.00. The van der Waals surface area contributed by atoms with E-state index in [-0.39, 0.29) is 12.0 Å². The Kier molecular flexibility index (Phi) is 7.01. The number of unbranched alkanes of at least 4 members (excludes halogenated alkanes) is 1. The minimum atomic E-state index is -0.611. The summed E-state index contributed by atoms with van der Waals surface area (Å²) in [5.74, 6) is 0.753. The molecule has 2 N–H and O–H groups in total. The van der Waals surface area contributed by atoms with E-state index in [1.807, 2.05) is 20.8 Å². The summed E-state index contributed by atoms with van der Waals surface area (Å²) in [5, 5.41) is 10.7. The summed E-state index contributed by atoms with van der Waals surface area (Å²) in [7, 11) is 1.43. The molecule has 0 aliphatic heterocycles. The SMILES string of the molecule is COC(=O)C(C)(CCCCSc1ncn[nH]1)NC(C)C. The third-order valence-corrected chi connectivity index (χ3v) is 3.91. The summed E-state index contributed by atoms with van der Waals surface area (Å²) in [5.41, 5.74) is -0.611. The van der Waals surface area contributed by atoms with E-state index < -0.39 is 5.54 Å². The van der Waals surface area contributed by atoms with Crippen LogP contribution in [0.5, 0.6) is 0 Å². The lowest BCUT2D eigenvalue weighted by atomic mass is 9.94. The smallest absolute Gasteiger partial charge is 0.325 e. The van der Waals surface area contributed by atoms with Crippen LogP contribution in [-0.4, -0.2) is 45.6 Å². The Balaban J connectivity index is 2.33. The summed E-state index contributed by atoms with van der Waals surface area (Å²) < 4.78 is 4.90. The van der Waals surface area contributed by atoms with Crippen LogP contribution in [0.25, 0.3) is 0 Å². The highest BCUT2D eigenvalue weighted by Gasteiger charge is 2.33. The van der Waals surface area contributed by atoms with Crippen molar-refractivity contribution in [2.24, 2.45) is 0 Å². The number of hydrogen-bond donors (Lipinski definition) is 2. The van der Waals surface area contributed by atoms with E-state index in [0.717, 1.165) is 30.2 Å². The molecule has 20 heavy (non-hydrogen) atoms. The number of H-pyrrole nitrogens is 1. The first-order chi connectivity index (χ1) is 9.48. The van der Waals surface area contributed by atoms with Crippen molar-refractivity contribution >= 4 is 17.7 Å². The molecule has 0 aliphatic rings. The highest BCUT2D eigenvalue weighted by Crippen LogP contribution is 2.19. The first-order valence-corrected chi connectivity index (χ1v) is 7.81. The number of aromatic amines is 1. The molecule has 1 aromatic heterocycles. The van der Waals surface area contributed by atoms with Crippen LogP contribution in [0, 0.1) is 0 Å². The fourth-order valence-corrected chi connectivity index (χ4v) is 2.89. The molecular weight excluding hydrogens is 276 g/mol. The minimum Gasteiger partial charge on any atom is -0.468 e. The van der Waals surface area contributed by atoms with Gasteiger partial charge in [0.2, 0.25) is 0 Å². The summed E-state index contributed by atoms with van der Waals surface area (Å²) in [6, 6.07) is 0.239. The quantitative estimate of drug-likeness (QED) is 0.412. The van der Waals surface area contributed by atoms with Gasteiger partial charge in [-0.3, -0.25) is 15.2 Å². The zero-order chi connectivity index (χ0) is 15.0. The molecule has 1 unspecified atom stereocenters. The van der Waals surface area contributed by atoms with Crippen LogP contribution in [0.15, 0.2) is 11.5 Å². The van der Waals surface area contributed by atoms with Crippen LogP contribution in [0.3, 0.4) is 0 Å². The maximum atomic E-state index is 11.9. The van der Waals surface area contributed by atoms with E-state index >= 15 is 0 Å². The van der Waals surface area contributed by atoms with Crippen LogP contribution >= 0.6 is 11.8 Å². The fraction of sp³-hybridized carbons (Fsp3) is 0.769. The fourth-order valence-electron chi connectivity index (χ4n) is 2.11. The second-order valence-corrected chi connectivity index (χ2v) is 6.30. The van der Waals surface area contributed by atoms with Crippen LogP contribution in [0.1, 0.15) is 40.0 Å². The Morgan fingerprint density at radius 3 is 2.85 bits per heavy atom. The van der Waals surface area contributed by atoms with Crippen molar-refractivity contribution in [1.82, 2.24) is 20.5 Å². The third-order valence-electron chi connectivity index (χ3n) is 2.95. The molecule has 7 heteroatoms. The predicted molar refractivity (Wildman–Crippen MR) is 79.7 cm³/mol. The largest absolute Gasteiger partial charge is 0.468 e. The van der Waals surface area contributed by atoms with Gasteiger partial charge in [0.1, 0.15) is 11.9 Å². The highest BCUT2D eigenvalue weighted by molar-refractivity contribution is 7.99. The molecule has 0 fully saturated rings. The van der Waals surface area contributed by atoms with Gasteiger partial charge in [-0.05, 0) is 33.6 Å². The molecule has 6 nitrogen and oxygen atoms in total. The van der Waals surface area contributed by atoms with Gasteiger partial charge in [-0.25, -0.2) is 4.98 Å². The van der Waals surface area contributed by atoms with E-state index in [1.54, 1.807) is 11.8 Å². The Labute approximate surface area is 124 Å². The number of carbonyl (C=O) groups is 1. The molecule has 1 atom stereocenters. The van der Waals surface area contributed by atoms with E-state index in [2.05, 4.69) is 20.5 Å². The van der Waals surface area contributed by atoms with Crippen molar-refractivity contribution in [2.45, 2.75) is 56.8 Å². The molecule has 1 rings (SSSR count). The maximum Gasteiger partial charge on any atom is 0.325 e. The number of aromatic nitrogens is 3. The molecule has 1 aromatic rings. The zero-order valence-electron chi connectivity index (χ0n) is 12.6. The Hall–Kier alpha value is -1.08. The monoisotopic (exact) mass is 300 g/mol. The lowest BCUT2D eigenvalue weighted by molar-refractivity contribution is -0.148. The van der Waals surface area contributed by atoms with Gasteiger partial charge in [0.25, 0.3) is 0 Å². The van der Waals surface area contributed by atoms with Crippen molar-refractivity contribution in [3.05, 3.63) is 6.33 Å². The lowest BCUT2D eigenvalue weighted by Crippen LogP contribution is -2.52. The molecule has 0 aromatic carbocycles. The number of nitrogens with zero attached hydrogens (tertiary/aromatic N) is 2. The average molecular weight is 300 g/mol. The van der Waals surface area contributed by atoms with Crippen molar-refractivity contribution in [2.75, 3.05) is 12.9 Å². The minimum absolute atomic E-state index is 0.200. The van der Waals surface area contributed by atoms with Gasteiger partial charge in [-0.2, -0.15) is 5.10 Å². The van der Waals surface area contributed by atoms with Crippen LogP contribution in [0.4, 0.5) is 0 Å². The number of rotatable bonds is 9. The number of nitrogens with one attached hydrogen (secondary N) is 2. The summed E-state index contributed by atoms with van der Waals surface area (Å²) in [6.07, 6.45) is 4.22. The normalized spacial score (nSPS) is 14.2. The van der Waals surface area contributed by atoms with E-state index in [0.29, 0.717) is 0 Å². The maximum absolute atomic E-state index is 11.9. The van der Waals surface area contributed by atoms with Crippen molar-refractivity contribution in [3.8, 4) is 0 Å². The standard InChI is InChI=1S/C13H24N4O2S/c1-10(2)16-13(3,11(18)19-4)7-5-6-8-20-12-14-9-15-17-12/h9-10,16H,5-8H2,1-4H3,(H,14,15,17). The van der Waals surface area contributed by atoms with Gasteiger partial charge in [0.05, 0.1) is 7.11 Å². The number of ether oxygens (including phenoxy) is 1. The van der Waals surface area contributed by atoms with Crippen LogP contribution < -0.4 is 5.32 Å². The van der Waals surface area contributed by atoms with E-state index in [4.69, 9.17) is 4.74 Å². The Morgan fingerprint density at radius 2 is 2.30 bits per heavy atom. The topological polar surface area (TPSA) is 79.9 Å². The van der Waals surface area contributed by atoms with Crippen molar-refractivity contribution in [3.63, 3.8) is 0 Å². The second-order valence-electron chi connectivity index (χ2n) is 5.22. The third kappa shape index (κ3) is 5.50. The van der Waals surface area contributed by atoms with Gasteiger partial charge in [-0.15, -0.1) is 0 Å². The Bertz CT molecular complexity index is 397. The average Bonchev–Trinajstić information content (AvgIpc) is 2.89. The van der Waals surface area contributed by atoms with Crippen molar-refractivity contribution in [1.29, 1.82) is 0 Å². The molecule has 0 saturated heterocycles. The van der Waals surface area contributed by atoms with Crippen LogP contribution in [0.2, 0.25) is 0 Å². The number of carbonyl (C=O) groups excluding carboxylic acids is 1. The molecule has 114 valence electrons. The van der Waals surface area contributed by atoms with Gasteiger partial charge < -0.3 is 4.74 Å². The molecule has 0 radical (unpaired) electrons. The lowest BCUT2D eigenvalue weighted by Gasteiger charge is -2.30. The van der Waals surface area contributed by atoms with Crippen molar-refractivity contribution < 1.29 is 9.53 Å². The number of methoxy groups -OCH3 is 1. The summed E-state index contributed by atoms with van der Waals surface area (Å²) >= 11 is 1.64. The number of hydrogen-bond acceptors (Lipinski definition) is 6.